The van der Waals surface area contributed by atoms with E-state index in [1.165, 1.54) is 0 Å². The van der Waals surface area contributed by atoms with E-state index in [4.69, 9.17) is 23.2 Å². The summed E-state index contributed by atoms with van der Waals surface area (Å²) in [6, 6.07) is 7.34. The highest BCUT2D eigenvalue weighted by atomic mass is 35.5. The lowest BCUT2D eigenvalue weighted by Crippen LogP contribution is -2.32. The molecule has 2 unspecified atom stereocenters. The van der Waals surface area contributed by atoms with Crippen molar-refractivity contribution < 1.29 is 9.59 Å². The van der Waals surface area contributed by atoms with Gasteiger partial charge in [-0.25, -0.2) is 5.43 Å². The summed E-state index contributed by atoms with van der Waals surface area (Å²) < 4.78 is -0.985. The SMILES string of the molecule is CC1CC(=O)NN=C1c1ccc(NC(=O)C2(C)CC2(Cl)Cl)cc1. The van der Waals surface area contributed by atoms with Crippen molar-refractivity contribution in [3.8, 4) is 0 Å². The first-order valence-electron chi connectivity index (χ1n) is 7.39. The molecule has 1 saturated carbocycles. The molecule has 5 nitrogen and oxygen atoms in total. The Labute approximate surface area is 144 Å². The summed E-state index contributed by atoms with van der Waals surface area (Å²) in [7, 11) is 0. The summed E-state index contributed by atoms with van der Waals surface area (Å²) in [6.07, 6.45) is 0.865. The Kier molecular flexibility index (Phi) is 3.89. The van der Waals surface area contributed by atoms with Crippen LogP contribution in [0.25, 0.3) is 0 Å². The van der Waals surface area contributed by atoms with Gasteiger partial charge in [-0.05, 0) is 31.0 Å². The molecule has 1 aromatic carbocycles. The van der Waals surface area contributed by atoms with E-state index < -0.39 is 9.75 Å². The van der Waals surface area contributed by atoms with Gasteiger partial charge in [-0.1, -0.05) is 19.1 Å². The predicted molar refractivity (Wildman–Crippen MR) is 90.7 cm³/mol. The van der Waals surface area contributed by atoms with Crippen LogP contribution in [0.5, 0.6) is 0 Å². The topological polar surface area (TPSA) is 70.6 Å². The molecule has 1 aliphatic heterocycles. The molecule has 3 rings (SSSR count). The molecule has 0 spiro atoms. The second-order valence-electron chi connectivity index (χ2n) is 6.38. The second kappa shape index (κ2) is 5.49. The molecule has 122 valence electrons. The van der Waals surface area contributed by atoms with E-state index in [0.717, 1.165) is 11.3 Å². The van der Waals surface area contributed by atoms with E-state index >= 15 is 0 Å². The first kappa shape index (κ1) is 16.3. The summed E-state index contributed by atoms with van der Waals surface area (Å²) in [5, 5.41) is 6.95. The molecule has 0 bridgehead atoms. The molecule has 0 radical (unpaired) electrons. The molecule has 2 N–H and O–H groups in total. The van der Waals surface area contributed by atoms with Crippen LogP contribution in [0.1, 0.15) is 32.3 Å². The summed E-state index contributed by atoms with van der Waals surface area (Å²) in [5.41, 5.74) is 4.16. The molecule has 0 saturated heterocycles. The molecule has 1 fully saturated rings. The number of hydrogen-bond donors (Lipinski definition) is 2. The maximum atomic E-state index is 12.2. The quantitative estimate of drug-likeness (QED) is 0.819. The van der Waals surface area contributed by atoms with Gasteiger partial charge in [0.25, 0.3) is 0 Å². The van der Waals surface area contributed by atoms with Gasteiger partial charge < -0.3 is 5.32 Å². The molecule has 1 heterocycles. The van der Waals surface area contributed by atoms with E-state index in [9.17, 15) is 9.59 Å². The minimum absolute atomic E-state index is 0.0580. The van der Waals surface area contributed by atoms with Gasteiger partial charge in [0.05, 0.1) is 11.1 Å². The first-order chi connectivity index (χ1) is 10.7. The average Bonchev–Trinajstić information content (AvgIpc) is 3.00. The van der Waals surface area contributed by atoms with Crippen LogP contribution in [-0.4, -0.2) is 21.9 Å². The van der Waals surface area contributed by atoms with Gasteiger partial charge in [0.1, 0.15) is 4.33 Å². The third-order valence-corrected chi connectivity index (χ3v) is 5.56. The van der Waals surface area contributed by atoms with Crippen LogP contribution < -0.4 is 10.7 Å². The van der Waals surface area contributed by atoms with E-state index in [1.807, 2.05) is 19.1 Å². The van der Waals surface area contributed by atoms with E-state index in [-0.39, 0.29) is 17.7 Å². The number of carbonyl (C=O) groups is 2. The number of benzene rings is 1. The van der Waals surface area contributed by atoms with Crippen LogP contribution in [0.3, 0.4) is 0 Å². The zero-order valence-corrected chi connectivity index (χ0v) is 14.3. The van der Waals surface area contributed by atoms with Crippen LogP contribution >= 0.6 is 23.2 Å². The zero-order chi connectivity index (χ0) is 16.8. The number of anilines is 1. The van der Waals surface area contributed by atoms with E-state index in [1.54, 1.807) is 19.1 Å². The summed E-state index contributed by atoms with van der Waals surface area (Å²) in [5.74, 6) is -0.206. The Hall–Kier alpha value is -1.59. The molecule has 1 aromatic rings. The molecular weight excluding hydrogens is 337 g/mol. The highest BCUT2D eigenvalue weighted by Gasteiger charge is 2.67. The van der Waals surface area contributed by atoms with Gasteiger partial charge in [0.2, 0.25) is 11.8 Å². The average molecular weight is 354 g/mol. The Morgan fingerprint density at radius 1 is 1.35 bits per heavy atom. The van der Waals surface area contributed by atoms with Crippen LogP contribution in [-0.2, 0) is 9.59 Å². The number of halogens is 2. The first-order valence-corrected chi connectivity index (χ1v) is 8.15. The number of nitrogens with one attached hydrogen (secondary N) is 2. The van der Waals surface area contributed by atoms with Crippen molar-refractivity contribution in [1.82, 2.24) is 5.43 Å². The number of hydrogen-bond acceptors (Lipinski definition) is 3. The largest absolute Gasteiger partial charge is 0.326 e. The van der Waals surface area contributed by atoms with Crippen LogP contribution in [0.15, 0.2) is 29.4 Å². The van der Waals surface area contributed by atoms with Crippen molar-refractivity contribution in [1.29, 1.82) is 0 Å². The number of carbonyl (C=O) groups excluding carboxylic acids is 2. The Morgan fingerprint density at radius 2 is 1.96 bits per heavy atom. The van der Waals surface area contributed by atoms with Crippen molar-refractivity contribution >= 4 is 46.4 Å². The van der Waals surface area contributed by atoms with E-state index in [2.05, 4.69) is 15.8 Å². The molecule has 0 aromatic heterocycles. The molecule has 7 heteroatoms. The standard InChI is InChI=1S/C16H17Cl2N3O2/c1-9-7-12(22)20-21-13(9)10-3-5-11(6-4-10)19-14(23)15(2)8-16(15,17)18/h3-6,9H,7-8H2,1-2H3,(H,19,23)(H,20,22). The smallest absolute Gasteiger partial charge is 0.240 e. The number of hydrazone groups is 1. The Balaban J connectivity index is 1.71. The van der Waals surface area contributed by atoms with Gasteiger partial charge in [-0.15, -0.1) is 23.2 Å². The number of rotatable bonds is 3. The fraction of sp³-hybridized carbons (Fsp3) is 0.438. The Bertz CT molecular complexity index is 700. The van der Waals surface area contributed by atoms with Crippen molar-refractivity contribution in [2.24, 2.45) is 16.4 Å². The third kappa shape index (κ3) is 2.95. The van der Waals surface area contributed by atoms with Crippen LogP contribution in [0.4, 0.5) is 5.69 Å². The molecule has 1 aliphatic carbocycles. The van der Waals surface area contributed by atoms with Gasteiger partial charge in [0.15, 0.2) is 0 Å². The third-order valence-electron chi connectivity index (χ3n) is 4.46. The fourth-order valence-electron chi connectivity index (χ4n) is 2.64. The lowest BCUT2D eigenvalue weighted by molar-refractivity contribution is -0.122. The highest BCUT2D eigenvalue weighted by molar-refractivity contribution is 6.53. The zero-order valence-electron chi connectivity index (χ0n) is 12.8. The van der Waals surface area contributed by atoms with Crippen molar-refractivity contribution in [2.45, 2.75) is 31.0 Å². The molecule has 2 aliphatic rings. The van der Waals surface area contributed by atoms with Crippen LogP contribution in [0.2, 0.25) is 0 Å². The Morgan fingerprint density at radius 3 is 2.48 bits per heavy atom. The van der Waals surface area contributed by atoms with Gasteiger partial charge >= 0.3 is 0 Å². The van der Waals surface area contributed by atoms with Gasteiger partial charge in [0, 0.05) is 18.0 Å². The molecule has 23 heavy (non-hydrogen) atoms. The number of alkyl halides is 2. The maximum absolute atomic E-state index is 12.2. The fourth-order valence-corrected chi connectivity index (χ4v) is 3.35. The predicted octanol–water partition coefficient (Wildman–Crippen LogP) is 3.07. The monoisotopic (exact) mass is 353 g/mol. The second-order valence-corrected chi connectivity index (χ2v) is 7.87. The van der Waals surface area contributed by atoms with E-state index in [0.29, 0.717) is 18.5 Å². The molecular formula is C16H17Cl2N3O2. The molecule has 2 amide bonds. The van der Waals surface area contributed by atoms with Crippen LogP contribution in [0, 0.1) is 11.3 Å². The van der Waals surface area contributed by atoms with Gasteiger partial charge in [-0.3, -0.25) is 9.59 Å². The van der Waals surface area contributed by atoms with Gasteiger partial charge in [-0.2, -0.15) is 5.10 Å². The number of amides is 2. The maximum Gasteiger partial charge on any atom is 0.240 e. The minimum Gasteiger partial charge on any atom is -0.326 e. The van der Waals surface area contributed by atoms with Crippen molar-refractivity contribution in [3.63, 3.8) is 0 Å². The van der Waals surface area contributed by atoms with Crippen molar-refractivity contribution in [3.05, 3.63) is 29.8 Å². The molecule has 2 atom stereocenters. The normalized spacial score (nSPS) is 28.6. The van der Waals surface area contributed by atoms with Crippen molar-refractivity contribution in [2.75, 3.05) is 5.32 Å². The lowest BCUT2D eigenvalue weighted by atomic mass is 9.94. The highest BCUT2D eigenvalue weighted by Crippen LogP contribution is 2.64. The lowest BCUT2D eigenvalue weighted by Gasteiger charge is -2.19. The summed E-state index contributed by atoms with van der Waals surface area (Å²) >= 11 is 12.0. The minimum atomic E-state index is -0.985. The summed E-state index contributed by atoms with van der Waals surface area (Å²) in [4.78, 5) is 23.5. The number of nitrogens with zero attached hydrogens (tertiary/aromatic N) is 1. The summed E-state index contributed by atoms with van der Waals surface area (Å²) in [6.45, 7) is 3.71.